The van der Waals surface area contributed by atoms with E-state index in [1.54, 1.807) is 0 Å². The molecule has 0 saturated carbocycles. The van der Waals surface area contributed by atoms with Gasteiger partial charge < -0.3 is 4.42 Å². The number of fused-ring (bicyclic) bond motifs is 7. The maximum Gasteiger partial charge on any atom is 0.160 e. The van der Waals surface area contributed by atoms with Crippen LogP contribution < -0.4 is 0 Å². The summed E-state index contributed by atoms with van der Waals surface area (Å²) in [6.45, 7) is 0. The second-order valence-corrected chi connectivity index (χ2v) is 14.1. The monoisotopic (exact) mass is 700 g/mol. The third-order valence-corrected chi connectivity index (χ3v) is 10.9. The fraction of sp³-hybridized carbons (Fsp3) is 0. The molecule has 0 bridgehead atoms. The lowest BCUT2D eigenvalue weighted by Gasteiger charge is -2.15. The van der Waals surface area contributed by atoms with E-state index >= 15 is 0 Å². The van der Waals surface area contributed by atoms with E-state index in [0.717, 1.165) is 55.6 Å². The summed E-state index contributed by atoms with van der Waals surface area (Å²) < 4.78 is 6.17. The molecule has 9 aromatic carbocycles. The van der Waals surface area contributed by atoms with Crippen LogP contribution in [0, 0.1) is 0 Å². The largest absolute Gasteiger partial charge is 0.456 e. The highest BCUT2D eigenvalue weighted by atomic mass is 16.3. The lowest BCUT2D eigenvalue weighted by Crippen LogP contribution is -1.96. The van der Waals surface area contributed by atoms with Crippen molar-refractivity contribution in [3.8, 4) is 56.2 Å². The Morgan fingerprint density at radius 2 is 0.873 bits per heavy atom. The first-order chi connectivity index (χ1) is 27.2. The Hall–Kier alpha value is -7.36. The van der Waals surface area contributed by atoms with Crippen molar-refractivity contribution in [3.63, 3.8) is 0 Å². The molecule has 0 fully saturated rings. The van der Waals surface area contributed by atoms with E-state index in [4.69, 9.17) is 14.4 Å². The van der Waals surface area contributed by atoms with Crippen molar-refractivity contribution < 1.29 is 4.42 Å². The molecule has 0 aliphatic rings. The molecule has 55 heavy (non-hydrogen) atoms. The van der Waals surface area contributed by atoms with Gasteiger partial charge in [-0.1, -0.05) is 158 Å². The Kier molecular flexibility index (Phi) is 7.17. The maximum absolute atomic E-state index is 6.17. The predicted molar refractivity (Wildman–Crippen MR) is 229 cm³/mol. The number of nitrogens with zero attached hydrogens (tertiary/aromatic N) is 2. The summed E-state index contributed by atoms with van der Waals surface area (Å²) >= 11 is 0. The minimum Gasteiger partial charge on any atom is -0.456 e. The number of hydrogen-bond donors (Lipinski definition) is 0. The second-order valence-electron chi connectivity index (χ2n) is 14.1. The molecule has 0 radical (unpaired) electrons. The van der Waals surface area contributed by atoms with Gasteiger partial charge in [0.25, 0.3) is 0 Å². The minimum absolute atomic E-state index is 0.678. The lowest BCUT2D eigenvalue weighted by atomic mass is 9.89. The molecule has 11 aromatic rings. The summed E-state index contributed by atoms with van der Waals surface area (Å²) in [5, 5.41) is 9.64. The van der Waals surface area contributed by atoms with Crippen LogP contribution in [0.15, 0.2) is 199 Å². The Labute approximate surface area is 317 Å². The molecule has 0 aliphatic carbocycles. The second kappa shape index (κ2) is 12.6. The van der Waals surface area contributed by atoms with E-state index in [9.17, 15) is 0 Å². The molecule has 0 unspecified atom stereocenters. The normalized spacial score (nSPS) is 11.6. The zero-order valence-corrected chi connectivity index (χ0v) is 29.8. The third kappa shape index (κ3) is 5.36. The summed E-state index contributed by atoms with van der Waals surface area (Å²) in [4.78, 5) is 10.4. The highest BCUT2D eigenvalue weighted by Crippen LogP contribution is 2.40. The van der Waals surface area contributed by atoms with Gasteiger partial charge in [-0.15, -0.1) is 0 Å². The van der Waals surface area contributed by atoms with Gasteiger partial charge in [0.05, 0.1) is 11.4 Å². The van der Waals surface area contributed by atoms with Crippen molar-refractivity contribution in [1.29, 1.82) is 0 Å². The molecule has 0 saturated heterocycles. The zero-order valence-electron chi connectivity index (χ0n) is 29.8. The van der Waals surface area contributed by atoms with Gasteiger partial charge in [0.1, 0.15) is 11.2 Å². The van der Waals surface area contributed by atoms with Crippen LogP contribution >= 0.6 is 0 Å². The average molecular weight is 701 g/mol. The topological polar surface area (TPSA) is 38.9 Å². The molecule has 2 aromatic heterocycles. The highest BCUT2D eigenvalue weighted by molar-refractivity contribution is 6.20. The molecular formula is C52H32N2O. The van der Waals surface area contributed by atoms with E-state index < -0.39 is 0 Å². The molecule has 3 nitrogen and oxygen atoms in total. The fourth-order valence-corrected chi connectivity index (χ4v) is 8.14. The van der Waals surface area contributed by atoms with Gasteiger partial charge in [-0.2, -0.15) is 0 Å². The van der Waals surface area contributed by atoms with Crippen molar-refractivity contribution in [3.05, 3.63) is 194 Å². The van der Waals surface area contributed by atoms with Crippen molar-refractivity contribution in [1.82, 2.24) is 9.97 Å². The van der Waals surface area contributed by atoms with Crippen LogP contribution in [0.25, 0.3) is 110 Å². The molecule has 256 valence electrons. The quantitative estimate of drug-likeness (QED) is 0.133. The van der Waals surface area contributed by atoms with Gasteiger partial charge in [0, 0.05) is 27.5 Å². The molecule has 0 aliphatic heterocycles. The first-order valence-electron chi connectivity index (χ1n) is 18.6. The van der Waals surface area contributed by atoms with E-state index in [0.29, 0.717) is 5.82 Å². The Morgan fingerprint density at radius 1 is 0.291 bits per heavy atom. The number of hydrogen-bond acceptors (Lipinski definition) is 3. The number of rotatable bonds is 5. The zero-order chi connectivity index (χ0) is 36.3. The Morgan fingerprint density at radius 3 is 1.69 bits per heavy atom. The van der Waals surface area contributed by atoms with Crippen LogP contribution in [0.3, 0.4) is 0 Å². The van der Waals surface area contributed by atoms with Crippen molar-refractivity contribution in [2.75, 3.05) is 0 Å². The van der Waals surface area contributed by atoms with Crippen LogP contribution in [0.5, 0.6) is 0 Å². The van der Waals surface area contributed by atoms with Crippen LogP contribution in [0.4, 0.5) is 0 Å². The van der Waals surface area contributed by atoms with Crippen LogP contribution in [-0.4, -0.2) is 9.97 Å². The molecular weight excluding hydrogens is 669 g/mol. The van der Waals surface area contributed by atoms with Gasteiger partial charge in [-0.3, -0.25) is 0 Å². The molecule has 0 atom stereocenters. The van der Waals surface area contributed by atoms with Crippen molar-refractivity contribution >= 4 is 54.3 Å². The predicted octanol–water partition coefficient (Wildman–Crippen LogP) is 14.2. The van der Waals surface area contributed by atoms with Crippen LogP contribution in [0.2, 0.25) is 0 Å². The molecule has 11 rings (SSSR count). The summed E-state index contributed by atoms with van der Waals surface area (Å²) in [6, 6.07) is 68.7. The van der Waals surface area contributed by atoms with Gasteiger partial charge >= 0.3 is 0 Å². The van der Waals surface area contributed by atoms with Gasteiger partial charge in [0.15, 0.2) is 5.82 Å². The van der Waals surface area contributed by atoms with E-state index in [2.05, 4.69) is 170 Å². The van der Waals surface area contributed by atoms with Crippen LogP contribution in [-0.2, 0) is 0 Å². The molecule has 0 spiro atoms. The number of para-hydroxylation sites is 1. The number of benzene rings is 9. The van der Waals surface area contributed by atoms with Crippen molar-refractivity contribution in [2.24, 2.45) is 0 Å². The SMILES string of the molecule is c1ccc(-c2ccc(-c3cc(-c4ccc5oc6ccccc6c5c4)nc(-c4ccc(-c5c6ccccc6cc6c5ccc5ccccc56)cc4)n3)cc2)cc1. The first-order valence-corrected chi connectivity index (χ1v) is 18.6. The molecule has 0 N–H and O–H groups in total. The highest BCUT2D eigenvalue weighted by Gasteiger charge is 2.16. The fourth-order valence-electron chi connectivity index (χ4n) is 8.14. The first kappa shape index (κ1) is 31.2. The number of aromatic nitrogens is 2. The average Bonchev–Trinajstić information content (AvgIpc) is 3.64. The van der Waals surface area contributed by atoms with E-state index in [-0.39, 0.29) is 0 Å². The third-order valence-electron chi connectivity index (χ3n) is 10.9. The molecule has 0 amide bonds. The van der Waals surface area contributed by atoms with Crippen molar-refractivity contribution in [2.45, 2.75) is 0 Å². The standard InChI is InChI=1S/C52H32N2O/c1-2-10-33(11-3-1)34-18-20-36(21-19-34)47-32-48(40-27-29-50-46(31-40)43-16-8-9-17-49(43)55-50)54-52(53-47)38-24-22-37(23-25-38)51-42-15-7-5-13-39(42)30-45-41-14-6-4-12-35(41)26-28-44(45)51/h1-32H. The van der Waals surface area contributed by atoms with E-state index in [1.807, 2.05) is 24.3 Å². The van der Waals surface area contributed by atoms with Gasteiger partial charge in [-0.05, 0) is 91.0 Å². The smallest absolute Gasteiger partial charge is 0.160 e. The lowest BCUT2D eigenvalue weighted by molar-refractivity contribution is 0.669. The Bertz CT molecular complexity index is 3230. The van der Waals surface area contributed by atoms with Gasteiger partial charge in [-0.25, -0.2) is 9.97 Å². The molecule has 2 heterocycles. The number of furan rings is 1. The van der Waals surface area contributed by atoms with Crippen LogP contribution in [0.1, 0.15) is 0 Å². The van der Waals surface area contributed by atoms with E-state index in [1.165, 1.54) is 49.0 Å². The summed E-state index contributed by atoms with van der Waals surface area (Å²) in [5.41, 5.74) is 11.2. The van der Waals surface area contributed by atoms with Gasteiger partial charge in [0.2, 0.25) is 0 Å². The summed E-state index contributed by atoms with van der Waals surface area (Å²) in [6.07, 6.45) is 0. The summed E-state index contributed by atoms with van der Waals surface area (Å²) in [7, 11) is 0. The summed E-state index contributed by atoms with van der Waals surface area (Å²) in [5.74, 6) is 0.678. The Balaban J connectivity index is 1.06. The molecule has 3 heteroatoms. The maximum atomic E-state index is 6.17. The minimum atomic E-state index is 0.678.